The van der Waals surface area contributed by atoms with Crippen molar-refractivity contribution in [3.05, 3.63) is 0 Å². The number of halogens is 2. The molecular formula is C4H5I2NO4. The predicted molar refractivity (Wildman–Crippen MR) is 53.2 cm³/mol. The van der Waals surface area contributed by atoms with Gasteiger partial charge >= 0.3 is 9.95 Å². The molecule has 0 aliphatic rings. The summed E-state index contributed by atoms with van der Waals surface area (Å²) in [7, 11) is 0. The zero-order valence-electron chi connectivity index (χ0n) is 5.47. The van der Waals surface area contributed by atoms with E-state index >= 15 is 0 Å². The summed E-state index contributed by atoms with van der Waals surface area (Å²) in [5.41, 5.74) is 2.20. The summed E-state index contributed by atoms with van der Waals surface area (Å²) in [6.07, 6.45) is 0. The molecule has 0 rings (SSSR count). The molecule has 0 fully saturated rings. The van der Waals surface area contributed by atoms with Crippen LogP contribution in [-0.2, 0) is 12.7 Å². The fourth-order valence-electron chi connectivity index (χ4n) is 0.250. The SMILES string of the molecule is CC(NOC(=O)I)C(=O)OI. The number of carbonyl (C=O) groups is 2. The van der Waals surface area contributed by atoms with E-state index in [0.717, 1.165) is 0 Å². The Morgan fingerprint density at radius 1 is 1.55 bits per heavy atom. The van der Waals surface area contributed by atoms with E-state index in [1.165, 1.54) is 52.5 Å². The van der Waals surface area contributed by atoms with Gasteiger partial charge in [-0.1, -0.05) is 0 Å². The van der Waals surface area contributed by atoms with E-state index < -0.39 is 16.0 Å². The molecule has 0 amide bonds. The summed E-state index contributed by atoms with van der Waals surface area (Å²) >= 11 is 2.89. The van der Waals surface area contributed by atoms with E-state index in [9.17, 15) is 9.59 Å². The second-order valence-corrected chi connectivity index (χ2v) is 2.90. The van der Waals surface area contributed by atoms with E-state index in [2.05, 4.69) is 13.4 Å². The highest BCUT2D eigenvalue weighted by atomic mass is 127. The number of hydrogen-bond donors (Lipinski definition) is 1. The average Bonchev–Trinajstić information content (AvgIpc) is 1.98. The Balaban J connectivity index is 3.60. The third-order valence-corrected chi connectivity index (χ3v) is 1.40. The third kappa shape index (κ3) is 5.61. The Labute approximate surface area is 91.0 Å². The van der Waals surface area contributed by atoms with Crippen molar-refractivity contribution >= 4 is 55.5 Å². The van der Waals surface area contributed by atoms with Crippen molar-refractivity contribution in [2.75, 3.05) is 0 Å². The van der Waals surface area contributed by atoms with Gasteiger partial charge in [0.2, 0.25) is 0 Å². The Hall–Kier alpha value is 0.360. The summed E-state index contributed by atoms with van der Waals surface area (Å²) in [5.74, 6) is -0.497. The Kier molecular flexibility index (Phi) is 6.14. The van der Waals surface area contributed by atoms with E-state index in [-0.39, 0.29) is 0 Å². The minimum Gasteiger partial charge on any atom is -0.393 e. The molecule has 0 aromatic heterocycles. The molecule has 0 aliphatic heterocycles. The van der Waals surface area contributed by atoms with Crippen LogP contribution in [0.1, 0.15) is 6.92 Å². The molecule has 64 valence electrons. The molecule has 0 spiro atoms. The van der Waals surface area contributed by atoms with Gasteiger partial charge in [-0.15, -0.1) is 5.48 Å². The normalized spacial score (nSPS) is 11.9. The molecule has 1 N–H and O–H groups in total. The van der Waals surface area contributed by atoms with Gasteiger partial charge in [-0.2, -0.15) is 0 Å². The van der Waals surface area contributed by atoms with Gasteiger partial charge in [-0.25, -0.2) is 9.59 Å². The molecule has 1 atom stereocenters. The number of hydroxylamine groups is 1. The fourth-order valence-corrected chi connectivity index (χ4v) is 0.758. The average molecular weight is 385 g/mol. The highest BCUT2D eigenvalue weighted by molar-refractivity contribution is 14.1. The van der Waals surface area contributed by atoms with Gasteiger partial charge in [-0.3, -0.25) is 0 Å². The Morgan fingerprint density at radius 2 is 2.09 bits per heavy atom. The maximum Gasteiger partial charge on any atom is 0.385 e. The van der Waals surface area contributed by atoms with Gasteiger partial charge in [-0.05, 0) is 6.92 Å². The van der Waals surface area contributed by atoms with Gasteiger partial charge in [0.1, 0.15) is 6.04 Å². The van der Waals surface area contributed by atoms with Crippen LogP contribution in [0.3, 0.4) is 0 Å². The van der Waals surface area contributed by atoms with Gasteiger partial charge in [0.15, 0.2) is 23.0 Å². The van der Waals surface area contributed by atoms with E-state index in [4.69, 9.17) is 0 Å². The molecule has 7 heteroatoms. The quantitative estimate of drug-likeness (QED) is 0.452. The molecule has 1 unspecified atom stereocenters. The van der Waals surface area contributed by atoms with Crippen LogP contribution in [0.2, 0.25) is 0 Å². The van der Waals surface area contributed by atoms with Gasteiger partial charge in [0, 0.05) is 0 Å². The van der Waals surface area contributed by atoms with Crippen LogP contribution in [0.25, 0.3) is 0 Å². The summed E-state index contributed by atoms with van der Waals surface area (Å²) < 4.78 is 3.79. The lowest BCUT2D eigenvalue weighted by atomic mass is 10.4. The van der Waals surface area contributed by atoms with Crippen molar-refractivity contribution in [3.8, 4) is 0 Å². The maximum atomic E-state index is 10.6. The molecule has 5 nitrogen and oxygen atoms in total. The lowest BCUT2D eigenvalue weighted by Crippen LogP contribution is -2.34. The van der Waals surface area contributed by atoms with Crippen molar-refractivity contribution in [1.82, 2.24) is 5.48 Å². The lowest BCUT2D eigenvalue weighted by molar-refractivity contribution is -0.135. The molecule has 0 aromatic rings. The standard InChI is InChI=1S/C4H5I2NO4/c1-2(3(8)10-6)7-11-4(5)9/h2,7H,1H3. The second-order valence-electron chi connectivity index (χ2n) is 1.58. The molecule has 0 heterocycles. The van der Waals surface area contributed by atoms with Crippen molar-refractivity contribution in [2.45, 2.75) is 13.0 Å². The van der Waals surface area contributed by atoms with Crippen LogP contribution < -0.4 is 5.48 Å². The van der Waals surface area contributed by atoms with Gasteiger partial charge < -0.3 is 7.90 Å². The van der Waals surface area contributed by atoms with Crippen molar-refractivity contribution in [3.63, 3.8) is 0 Å². The molecule has 0 bridgehead atoms. The highest BCUT2D eigenvalue weighted by Crippen LogP contribution is 1.95. The monoisotopic (exact) mass is 385 g/mol. The zero-order chi connectivity index (χ0) is 8.85. The minimum absolute atomic E-state index is 0.497. The predicted octanol–water partition coefficient (Wildman–Crippen LogP) is 1.34. The van der Waals surface area contributed by atoms with Crippen LogP contribution in [-0.4, -0.2) is 16.0 Å². The fraction of sp³-hybridized carbons (Fsp3) is 0.500. The molecule has 0 aromatic carbocycles. The first-order chi connectivity index (χ1) is 5.07. The maximum absolute atomic E-state index is 10.6. The first-order valence-electron chi connectivity index (χ1n) is 2.52. The number of rotatable bonds is 3. The largest absolute Gasteiger partial charge is 0.393 e. The van der Waals surface area contributed by atoms with Crippen LogP contribution in [0.15, 0.2) is 0 Å². The molecule has 0 saturated heterocycles. The molecule has 11 heavy (non-hydrogen) atoms. The summed E-state index contributed by atoms with van der Waals surface area (Å²) in [6, 6.07) is -0.648. The van der Waals surface area contributed by atoms with Gasteiger partial charge in [0.25, 0.3) is 0 Å². The first-order valence-corrected chi connectivity index (χ1v) is 4.48. The van der Waals surface area contributed by atoms with Crippen LogP contribution in [0, 0.1) is 0 Å². The van der Waals surface area contributed by atoms with Crippen molar-refractivity contribution in [2.24, 2.45) is 0 Å². The van der Waals surface area contributed by atoms with E-state index in [0.29, 0.717) is 0 Å². The highest BCUT2D eigenvalue weighted by Gasteiger charge is 2.14. The Morgan fingerprint density at radius 3 is 2.45 bits per heavy atom. The second kappa shape index (κ2) is 5.94. The molecule has 0 saturated carbocycles. The molecular weight excluding hydrogens is 380 g/mol. The van der Waals surface area contributed by atoms with Crippen LogP contribution >= 0.6 is 45.6 Å². The van der Waals surface area contributed by atoms with E-state index in [1.807, 2.05) is 0 Å². The van der Waals surface area contributed by atoms with Crippen LogP contribution in [0.5, 0.6) is 0 Å². The smallest absolute Gasteiger partial charge is 0.385 e. The summed E-state index contributed by atoms with van der Waals surface area (Å²) in [6.45, 7) is 1.51. The van der Waals surface area contributed by atoms with Crippen LogP contribution in [0.4, 0.5) is 4.79 Å². The van der Waals surface area contributed by atoms with Crippen molar-refractivity contribution < 1.29 is 17.5 Å². The lowest BCUT2D eigenvalue weighted by Gasteiger charge is -2.07. The topological polar surface area (TPSA) is 64.6 Å². The van der Waals surface area contributed by atoms with E-state index in [1.54, 1.807) is 0 Å². The minimum atomic E-state index is -0.648. The third-order valence-electron chi connectivity index (χ3n) is 0.746. The molecule has 0 radical (unpaired) electrons. The van der Waals surface area contributed by atoms with Crippen molar-refractivity contribution in [1.29, 1.82) is 0 Å². The number of hydrogen-bond acceptors (Lipinski definition) is 5. The van der Waals surface area contributed by atoms with Gasteiger partial charge in [0.05, 0.1) is 22.6 Å². The first kappa shape index (κ1) is 11.4. The number of nitrogens with one attached hydrogen (secondary N) is 1. The summed E-state index contributed by atoms with van der Waals surface area (Å²) in [4.78, 5) is 25.2. The zero-order valence-corrected chi connectivity index (χ0v) is 9.78. The summed E-state index contributed by atoms with van der Waals surface area (Å²) in [5, 5.41) is 0. The Bertz CT molecular complexity index is 162. The molecule has 0 aliphatic carbocycles. The number of carbonyl (C=O) groups excluding carboxylic acids is 2.